The summed E-state index contributed by atoms with van der Waals surface area (Å²) in [6.45, 7) is 1.73. The Hall–Kier alpha value is -1.71. The molecule has 0 bridgehead atoms. The summed E-state index contributed by atoms with van der Waals surface area (Å²) < 4.78 is 28.7. The van der Waals surface area contributed by atoms with E-state index in [0.29, 0.717) is 17.7 Å². The smallest absolute Gasteiger partial charge is 0.129 e. The quantitative estimate of drug-likeness (QED) is 0.763. The second kappa shape index (κ2) is 4.04. The van der Waals surface area contributed by atoms with E-state index in [1.54, 1.807) is 30.9 Å². The predicted molar refractivity (Wildman–Crippen MR) is 57.9 cm³/mol. The average Bonchev–Trinajstić information content (AvgIpc) is 2.64. The fourth-order valence-corrected chi connectivity index (χ4v) is 1.75. The van der Waals surface area contributed by atoms with Gasteiger partial charge in [0.05, 0.1) is 5.69 Å². The maximum absolute atomic E-state index is 13.6. The molecule has 2 nitrogen and oxygen atoms in total. The van der Waals surface area contributed by atoms with E-state index in [1.165, 1.54) is 12.1 Å². The fourth-order valence-electron chi connectivity index (χ4n) is 1.75. The molecule has 0 saturated heterocycles. The number of aryl methyl sites for hydroxylation is 1. The molecular weight excluding hydrogens is 210 g/mol. The van der Waals surface area contributed by atoms with Gasteiger partial charge in [-0.3, -0.25) is 4.68 Å². The normalized spacial score (nSPS) is 10.8. The average molecular weight is 222 g/mol. The molecule has 0 aliphatic rings. The number of nitrogens with zero attached hydrogens (tertiary/aromatic N) is 2. The number of hydrogen-bond donors (Lipinski definition) is 0. The first-order valence-corrected chi connectivity index (χ1v) is 5.09. The van der Waals surface area contributed by atoms with Gasteiger partial charge in [-0.15, -0.1) is 0 Å². The van der Waals surface area contributed by atoms with Crippen molar-refractivity contribution in [3.8, 4) is 11.3 Å². The van der Waals surface area contributed by atoms with Crippen LogP contribution in [0.1, 0.15) is 12.5 Å². The van der Waals surface area contributed by atoms with Gasteiger partial charge in [-0.05, 0) is 24.6 Å². The van der Waals surface area contributed by atoms with Crippen molar-refractivity contribution < 1.29 is 8.78 Å². The standard InChI is InChI=1S/C12H12F2N2/c1-3-9-10(13)6-8(7-11(9)14)12-4-5-15-16(12)2/h4-7H,3H2,1-2H3. The van der Waals surface area contributed by atoms with Gasteiger partial charge in [0.15, 0.2) is 0 Å². The van der Waals surface area contributed by atoms with Crippen molar-refractivity contribution in [2.24, 2.45) is 7.05 Å². The van der Waals surface area contributed by atoms with Crippen molar-refractivity contribution in [1.29, 1.82) is 0 Å². The summed E-state index contributed by atoms with van der Waals surface area (Å²) in [6.07, 6.45) is 1.95. The Labute approximate surface area is 92.5 Å². The molecule has 0 spiro atoms. The van der Waals surface area contributed by atoms with Crippen molar-refractivity contribution in [3.63, 3.8) is 0 Å². The minimum Gasteiger partial charge on any atom is -0.268 e. The molecule has 4 heteroatoms. The van der Waals surface area contributed by atoms with Crippen LogP contribution in [0, 0.1) is 11.6 Å². The van der Waals surface area contributed by atoms with Gasteiger partial charge in [-0.2, -0.15) is 5.10 Å². The highest BCUT2D eigenvalue weighted by molar-refractivity contribution is 5.60. The van der Waals surface area contributed by atoms with E-state index < -0.39 is 11.6 Å². The molecule has 0 atom stereocenters. The van der Waals surface area contributed by atoms with Crippen LogP contribution in [0.15, 0.2) is 24.4 Å². The Bertz CT molecular complexity index is 494. The fraction of sp³-hybridized carbons (Fsp3) is 0.250. The van der Waals surface area contributed by atoms with Gasteiger partial charge in [-0.25, -0.2) is 8.78 Å². The second-order valence-electron chi connectivity index (χ2n) is 3.61. The Morgan fingerprint density at radius 2 is 1.88 bits per heavy atom. The minimum absolute atomic E-state index is 0.130. The molecular formula is C12H12F2N2. The number of halogens is 2. The summed E-state index contributed by atoms with van der Waals surface area (Å²) in [5.41, 5.74) is 1.33. The maximum Gasteiger partial charge on any atom is 0.129 e. The highest BCUT2D eigenvalue weighted by atomic mass is 19.1. The Kier molecular flexibility index (Phi) is 2.73. The van der Waals surface area contributed by atoms with Crippen molar-refractivity contribution in [1.82, 2.24) is 9.78 Å². The van der Waals surface area contributed by atoms with Crippen LogP contribution in [0.3, 0.4) is 0 Å². The van der Waals surface area contributed by atoms with E-state index >= 15 is 0 Å². The van der Waals surface area contributed by atoms with Gasteiger partial charge >= 0.3 is 0 Å². The summed E-state index contributed by atoms with van der Waals surface area (Å²) in [7, 11) is 1.73. The summed E-state index contributed by atoms with van der Waals surface area (Å²) in [5.74, 6) is -1.00. The molecule has 0 saturated carbocycles. The summed E-state index contributed by atoms with van der Waals surface area (Å²) >= 11 is 0. The molecule has 84 valence electrons. The van der Waals surface area contributed by atoms with E-state index in [4.69, 9.17) is 0 Å². The topological polar surface area (TPSA) is 17.8 Å². The van der Waals surface area contributed by atoms with Gasteiger partial charge in [0.2, 0.25) is 0 Å². The van der Waals surface area contributed by atoms with Crippen molar-refractivity contribution in [3.05, 3.63) is 41.6 Å². The van der Waals surface area contributed by atoms with Crippen molar-refractivity contribution in [2.45, 2.75) is 13.3 Å². The molecule has 0 amide bonds. The third-order valence-electron chi connectivity index (χ3n) is 2.61. The summed E-state index contributed by atoms with van der Waals surface area (Å²) in [4.78, 5) is 0. The molecule has 2 rings (SSSR count). The Morgan fingerprint density at radius 3 is 2.31 bits per heavy atom. The molecule has 0 unspecified atom stereocenters. The second-order valence-corrected chi connectivity index (χ2v) is 3.61. The van der Waals surface area contributed by atoms with E-state index in [9.17, 15) is 8.78 Å². The largest absolute Gasteiger partial charge is 0.268 e. The van der Waals surface area contributed by atoms with E-state index in [-0.39, 0.29) is 5.56 Å². The first-order valence-electron chi connectivity index (χ1n) is 5.09. The maximum atomic E-state index is 13.6. The molecule has 1 aromatic heterocycles. The Morgan fingerprint density at radius 1 is 1.25 bits per heavy atom. The van der Waals surface area contributed by atoms with Gasteiger partial charge in [-0.1, -0.05) is 6.92 Å². The molecule has 0 aliphatic heterocycles. The molecule has 0 aliphatic carbocycles. The number of hydrogen-bond acceptors (Lipinski definition) is 1. The van der Waals surface area contributed by atoms with Crippen molar-refractivity contribution >= 4 is 0 Å². The third kappa shape index (κ3) is 1.71. The summed E-state index contributed by atoms with van der Waals surface area (Å²) in [6, 6.07) is 4.41. The van der Waals surface area contributed by atoms with Gasteiger partial charge < -0.3 is 0 Å². The predicted octanol–water partition coefficient (Wildman–Crippen LogP) is 2.93. The Balaban J connectivity index is 2.57. The van der Waals surface area contributed by atoms with Crippen LogP contribution >= 0.6 is 0 Å². The summed E-state index contributed by atoms with van der Waals surface area (Å²) in [5, 5.41) is 3.97. The highest BCUT2D eigenvalue weighted by Crippen LogP contribution is 2.24. The van der Waals surface area contributed by atoms with E-state index in [2.05, 4.69) is 5.10 Å². The molecule has 2 aromatic rings. The molecule has 1 heterocycles. The van der Waals surface area contributed by atoms with Gasteiger partial charge in [0.1, 0.15) is 11.6 Å². The van der Waals surface area contributed by atoms with Crippen LogP contribution in [-0.2, 0) is 13.5 Å². The lowest BCUT2D eigenvalue weighted by Crippen LogP contribution is -1.98. The lowest BCUT2D eigenvalue weighted by Gasteiger charge is -2.06. The highest BCUT2D eigenvalue weighted by Gasteiger charge is 2.11. The zero-order valence-electron chi connectivity index (χ0n) is 9.17. The molecule has 0 fully saturated rings. The number of aromatic nitrogens is 2. The zero-order valence-corrected chi connectivity index (χ0v) is 9.17. The first kappa shape index (κ1) is 10.8. The first-order chi connectivity index (χ1) is 7.63. The third-order valence-corrected chi connectivity index (χ3v) is 2.61. The van der Waals surface area contributed by atoms with Crippen LogP contribution in [0.2, 0.25) is 0 Å². The van der Waals surface area contributed by atoms with Crippen LogP contribution in [0.25, 0.3) is 11.3 Å². The number of rotatable bonds is 2. The lowest BCUT2D eigenvalue weighted by atomic mass is 10.1. The minimum atomic E-state index is -0.501. The number of benzene rings is 1. The zero-order chi connectivity index (χ0) is 11.7. The SMILES string of the molecule is CCc1c(F)cc(-c2ccnn2C)cc1F. The molecule has 16 heavy (non-hydrogen) atoms. The monoisotopic (exact) mass is 222 g/mol. The van der Waals surface area contributed by atoms with E-state index in [1.807, 2.05) is 0 Å². The lowest BCUT2D eigenvalue weighted by molar-refractivity contribution is 0.559. The van der Waals surface area contributed by atoms with Crippen LogP contribution in [0.4, 0.5) is 8.78 Å². The van der Waals surface area contributed by atoms with Crippen molar-refractivity contribution in [2.75, 3.05) is 0 Å². The van der Waals surface area contributed by atoms with Crippen LogP contribution in [0.5, 0.6) is 0 Å². The van der Waals surface area contributed by atoms with E-state index in [0.717, 1.165) is 0 Å². The van der Waals surface area contributed by atoms with Gasteiger partial charge in [0.25, 0.3) is 0 Å². The molecule has 1 aromatic carbocycles. The molecule has 0 radical (unpaired) electrons. The van der Waals surface area contributed by atoms with Crippen LogP contribution < -0.4 is 0 Å². The van der Waals surface area contributed by atoms with Crippen LogP contribution in [-0.4, -0.2) is 9.78 Å². The van der Waals surface area contributed by atoms with Gasteiger partial charge in [0, 0.05) is 24.4 Å². The molecule has 0 N–H and O–H groups in total.